The lowest BCUT2D eigenvalue weighted by molar-refractivity contribution is -0.142. The number of carboxylic acids is 1. The van der Waals surface area contributed by atoms with Crippen molar-refractivity contribution in [1.82, 2.24) is 10.6 Å². The van der Waals surface area contributed by atoms with Crippen LogP contribution in [0.5, 0.6) is 0 Å². The van der Waals surface area contributed by atoms with Gasteiger partial charge in [0.25, 0.3) is 0 Å². The molecule has 0 radical (unpaired) electrons. The molecule has 35 heavy (non-hydrogen) atoms. The maximum atomic E-state index is 12.7. The first-order valence-electron chi connectivity index (χ1n) is 11.7. The van der Waals surface area contributed by atoms with E-state index in [0.717, 1.165) is 11.1 Å². The van der Waals surface area contributed by atoms with E-state index in [-0.39, 0.29) is 30.4 Å². The molecule has 1 heterocycles. The summed E-state index contributed by atoms with van der Waals surface area (Å²) in [5, 5.41) is 16.8. The number of hydrogen-bond acceptors (Lipinski definition) is 5. The Morgan fingerprint density at radius 1 is 0.971 bits per heavy atom. The number of thiophene rings is 1. The Morgan fingerprint density at radius 3 is 2.29 bits per heavy atom. The lowest BCUT2D eigenvalue weighted by Gasteiger charge is -2.18. The third kappa shape index (κ3) is 4.79. The van der Waals surface area contributed by atoms with Crippen LogP contribution in [0.2, 0.25) is 0 Å². The van der Waals surface area contributed by atoms with Crippen LogP contribution in [0.15, 0.2) is 66.0 Å². The summed E-state index contributed by atoms with van der Waals surface area (Å²) in [4.78, 5) is 37.5. The lowest BCUT2D eigenvalue weighted by atomic mass is 9.98. The van der Waals surface area contributed by atoms with E-state index in [1.807, 2.05) is 24.3 Å². The molecule has 3 N–H and O–H groups in total. The SMILES string of the molecule is O=C(NC1CCC(C(=O)NC(C(=O)O)c2cccs2)C1)OCC1c2ccccc2-c2ccccc21. The lowest BCUT2D eigenvalue weighted by Crippen LogP contribution is -2.38. The number of fused-ring (bicyclic) bond motifs is 3. The van der Waals surface area contributed by atoms with Gasteiger partial charge >= 0.3 is 12.1 Å². The van der Waals surface area contributed by atoms with Gasteiger partial charge in [0, 0.05) is 22.8 Å². The van der Waals surface area contributed by atoms with Crippen LogP contribution in [0, 0.1) is 5.92 Å². The average Bonchev–Trinajstić information content (AvgIpc) is 3.61. The Balaban J connectivity index is 1.14. The first-order valence-corrected chi connectivity index (χ1v) is 12.6. The molecule has 8 heteroatoms. The molecular weight excluding hydrogens is 464 g/mol. The van der Waals surface area contributed by atoms with Crippen molar-refractivity contribution in [3.8, 4) is 11.1 Å². The Hall–Kier alpha value is -3.65. The number of benzene rings is 2. The van der Waals surface area contributed by atoms with E-state index >= 15 is 0 Å². The highest BCUT2D eigenvalue weighted by Gasteiger charge is 2.34. The largest absolute Gasteiger partial charge is 0.479 e. The summed E-state index contributed by atoms with van der Waals surface area (Å²) >= 11 is 1.29. The summed E-state index contributed by atoms with van der Waals surface area (Å²) < 4.78 is 5.62. The fourth-order valence-electron chi connectivity index (χ4n) is 5.13. The van der Waals surface area contributed by atoms with Crippen LogP contribution in [0.25, 0.3) is 11.1 Å². The number of rotatable bonds is 7. The molecule has 1 aromatic heterocycles. The molecule has 180 valence electrons. The van der Waals surface area contributed by atoms with Crippen LogP contribution in [0.3, 0.4) is 0 Å². The smallest absolute Gasteiger partial charge is 0.407 e. The van der Waals surface area contributed by atoms with Gasteiger partial charge < -0.3 is 20.5 Å². The van der Waals surface area contributed by atoms with Crippen LogP contribution < -0.4 is 10.6 Å². The molecule has 2 amide bonds. The maximum absolute atomic E-state index is 12.7. The topological polar surface area (TPSA) is 105 Å². The van der Waals surface area contributed by atoms with Crippen LogP contribution in [-0.4, -0.2) is 35.7 Å². The molecule has 1 fully saturated rings. The first kappa shape index (κ1) is 23.1. The number of hydrogen-bond donors (Lipinski definition) is 3. The minimum atomic E-state index is -1.09. The van der Waals surface area contributed by atoms with Gasteiger partial charge in [0.15, 0.2) is 6.04 Å². The average molecular weight is 491 g/mol. The van der Waals surface area contributed by atoms with Gasteiger partial charge in [-0.05, 0) is 53.0 Å². The van der Waals surface area contributed by atoms with Crippen molar-refractivity contribution >= 4 is 29.3 Å². The molecule has 2 aliphatic carbocycles. The number of nitrogens with one attached hydrogen (secondary N) is 2. The van der Waals surface area contributed by atoms with Gasteiger partial charge in [-0.3, -0.25) is 4.79 Å². The first-order chi connectivity index (χ1) is 17.0. The van der Waals surface area contributed by atoms with Crippen molar-refractivity contribution < 1.29 is 24.2 Å². The second-order valence-corrected chi connectivity index (χ2v) is 9.95. The summed E-state index contributed by atoms with van der Waals surface area (Å²) in [6.07, 6.45) is 1.17. The molecular formula is C27H26N2O5S. The van der Waals surface area contributed by atoms with E-state index in [0.29, 0.717) is 24.1 Å². The molecule has 0 saturated heterocycles. The fraction of sp³-hybridized carbons (Fsp3) is 0.296. The van der Waals surface area contributed by atoms with Crippen molar-refractivity contribution in [2.24, 2.45) is 5.92 Å². The van der Waals surface area contributed by atoms with Gasteiger partial charge in [0.1, 0.15) is 6.61 Å². The van der Waals surface area contributed by atoms with Crippen molar-refractivity contribution in [3.63, 3.8) is 0 Å². The highest BCUT2D eigenvalue weighted by atomic mass is 32.1. The van der Waals surface area contributed by atoms with E-state index in [4.69, 9.17) is 4.74 Å². The summed E-state index contributed by atoms with van der Waals surface area (Å²) in [6, 6.07) is 18.5. The number of ether oxygens (including phenoxy) is 1. The third-order valence-electron chi connectivity index (χ3n) is 6.83. The quantitative estimate of drug-likeness (QED) is 0.445. The minimum absolute atomic E-state index is 0.0135. The molecule has 0 spiro atoms. The highest BCUT2D eigenvalue weighted by Crippen LogP contribution is 2.44. The molecule has 3 unspecified atom stereocenters. The fourth-order valence-corrected chi connectivity index (χ4v) is 5.89. The van der Waals surface area contributed by atoms with Crippen LogP contribution in [-0.2, 0) is 14.3 Å². The zero-order valence-electron chi connectivity index (χ0n) is 19.0. The minimum Gasteiger partial charge on any atom is -0.479 e. The van der Waals surface area contributed by atoms with Crippen molar-refractivity contribution in [2.75, 3.05) is 6.61 Å². The highest BCUT2D eigenvalue weighted by molar-refractivity contribution is 7.10. The van der Waals surface area contributed by atoms with E-state index in [2.05, 4.69) is 34.9 Å². The van der Waals surface area contributed by atoms with Gasteiger partial charge in [-0.1, -0.05) is 54.6 Å². The molecule has 1 saturated carbocycles. The van der Waals surface area contributed by atoms with Crippen molar-refractivity contribution in [1.29, 1.82) is 0 Å². The molecule has 0 bridgehead atoms. The molecule has 2 aliphatic rings. The number of carbonyl (C=O) groups is 3. The van der Waals surface area contributed by atoms with E-state index in [9.17, 15) is 19.5 Å². The summed E-state index contributed by atoms with van der Waals surface area (Å²) in [6.45, 7) is 0.234. The molecule has 7 nitrogen and oxygen atoms in total. The predicted octanol–water partition coefficient (Wildman–Crippen LogP) is 4.70. The second kappa shape index (κ2) is 9.92. The Morgan fingerprint density at radius 2 is 1.66 bits per heavy atom. The van der Waals surface area contributed by atoms with Crippen molar-refractivity contribution in [3.05, 3.63) is 82.0 Å². The molecule has 2 aromatic carbocycles. The summed E-state index contributed by atoms with van der Waals surface area (Å²) in [7, 11) is 0. The monoisotopic (exact) mass is 490 g/mol. The number of carbonyl (C=O) groups excluding carboxylic acids is 2. The number of aliphatic carboxylic acids is 1. The van der Waals surface area contributed by atoms with Gasteiger partial charge in [0.2, 0.25) is 5.91 Å². The second-order valence-electron chi connectivity index (χ2n) is 8.97. The zero-order valence-corrected chi connectivity index (χ0v) is 19.8. The van der Waals surface area contributed by atoms with Crippen LogP contribution in [0.4, 0.5) is 4.79 Å². The van der Waals surface area contributed by atoms with E-state index in [1.165, 1.54) is 22.5 Å². The molecule has 5 rings (SSSR count). The number of carboxylic acid groups (broad SMARTS) is 1. The standard InChI is InChI=1S/C27H26N2O5S/c30-25(29-24(26(31)32)23-10-5-13-35-23)16-11-12-17(14-16)28-27(33)34-15-22-20-8-3-1-6-18(20)19-7-2-4-9-21(19)22/h1-10,13,16-17,22,24H,11-12,14-15H2,(H,28,33)(H,29,30)(H,31,32). The van der Waals surface area contributed by atoms with E-state index < -0.39 is 18.1 Å². The van der Waals surface area contributed by atoms with Crippen molar-refractivity contribution in [2.45, 2.75) is 37.3 Å². The molecule has 3 aromatic rings. The van der Waals surface area contributed by atoms with Crippen LogP contribution in [0.1, 0.15) is 47.2 Å². The van der Waals surface area contributed by atoms with Gasteiger partial charge in [-0.15, -0.1) is 11.3 Å². The molecule has 0 aliphatic heterocycles. The number of amides is 2. The number of alkyl carbamates (subject to hydrolysis) is 1. The van der Waals surface area contributed by atoms with E-state index in [1.54, 1.807) is 17.5 Å². The zero-order chi connectivity index (χ0) is 24.4. The third-order valence-corrected chi connectivity index (χ3v) is 7.77. The van der Waals surface area contributed by atoms with Gasteiger partial charge in [0.05, 0.1) is 0 Å². The Bertz CT molecular complexity index is 1200. The molecule has 3 atom stereocenters. The van der Waals surface area contributed by atoms with Gasteiger partial charge in [-0.25, -0.2) is 9.59 Å². The summed E-state index contributed by atoms with van der Waals surface area (Å²) in [5.41, 5.74) is 4.64. The Kier molecular flexibility index (Phi) is 6.55. The predicted molar refractivity (Wildman–Crippen MR) is 132 cm³/mol. The van der Waals surface area contributed by atoms with Gasteiger partial charge in [-0.2, -0.15) is 0 Å². The Labute approximate surface area is 207 Å². The maximum Gasteiger partial charge on any atom is 0.407 e. The van der Waals surface area contributed by atoms with Crippen LogP contribution >= 0.6 is 11.3 Å². The normalized spacial score (nSPS) is 19.4. The summed E-state index contributed by atoms with van der Waals surface area (Å²) in [5.74, 6) is -1.76.